The van der Waals surface area contributed by atoms with E-state index < -0.39 is 23.7 Å². The fraction of sp³-hybridized carbons (Fsp3) is 0.500. The van der Waals surface area contributed by atoms with Gasteiger partial charge in [-0.2, -0.15) is 0 Å². The highest BCUT2D eigenvalue weighted by Crippen LogP contribution is 2.51. The van der Waals surface area contributed by atoms with Crippen LogP contribution in [0.15, 0.2) is 17.6 Å². The van der Waals surface area contributed by atoms with Gasteiger partial charge in [-0.05, 0) is 25.1 Å². The van der Waals surface area contributed by atoms with Gasteiger partial charge in [0.15, 0.2) is 11.5 Å². The lowest BCUT2D eigenvalue weighted by Crippen LogP contribution is -2.43. The predicted octanol–water partition coefficient (Wildman–Crippen LogP) is 2.03. The summed E-state index contributed by atoms with van der Waals surface area (Å²) < 4.78 is 27.4. The molecule has 4 rings (SSSR count). The number of aliphatic hydroxyl groups is 1. The maximum atomic E-state index is 12.7. The van der Waals surface area contributed by atoms with E-state index in [1.807, 2.05) is 18.0 Å². The molecule has 8 nitrogen and oxygen atoms in total. The zero-order valence-electron chi connectivity index (χ0n) is 15.1. The number of nitrogens with zero attached hydrogens (tertiary/aromatic N) is 1. The van der Waals surface area contributed by atoms with Gasteiger partial charge in [0, 0.05) is 26.0 Å². The first kappa shape index (κ1) is 16.8. The third kappa shape index (κ3) is 2.44. The third-order valence-corrected chi connectivity index (χ3v) is 4.80. The van der Waals surface area contributed by atoms with Crippen molar-refractivity contribution in [2.45, 2.75) is 32.1 Å². The molecule has 1 N–H and O–H groups in total. The van der Waals surface area contributed by atoms with Crippen LogP contribution in [-0.4, -0.2) is 49.3 Å². The largest absolute Gasteiger partial charge is 0.492 e. The number of hydrogen-bond donors (Lipinski definition) is 1. The molecule has 1 aromatic rings. The molecule has 0 bridgehead atoms. The molecule has 0 amide bonds. The third-order valence-electron chi connectivity index (χ3n) is 4.80. The zero-order valence-corrected chi connectivity index (χ0v) is 15.1. The Morgan fingerprint density at radius 1 is 1.31 bits per heavy atom. The molecule has 0 spiro atoms. The average molecular weight is 363 g/mol. The smallest absolute Gasteiger partial charge is 0.346 e. The van der Waals surface area contributed by atoms with E-state index in [0.717, 1.165) is 17.5 Å². The minimum atomic E-state index is -1.22. The van der Waals surface area contributed by atoms with E-state index in [0.29, 0.717) is 23.8 Å². The van der Waals surface area contributed by atoms with Crippen molar-refractivity contribution in [2.75, 3.05) is 27.5 Å². The van der Waals surface area contributed by atoms with E-state index in [9.17, 15) is 9.90 Å². The van der Waals surface area contributed by atoms with Crippen molar-refractivity contribution in [1.82, 2.24) is 4.90 Å². The quantitative estimate of drug-likeness (QED) is 0.799. The SMILES string of the molecule is COc1c2c(cc3c1C(C1=C(O)OC(C)(C)OC1=O)N(C)CC3)OCO2. The minimum Gasteiger partial charge on any atom is -0.492 e. The van der Waals surface area contributed by atoms with Crippen LogP contribution in [0.1, 0.15) is 31.0 Å². The molecule has 26 heavy (non-hydrogen) atoms. The summed E-state index contributed by atoms with van der Waals surface area (Å²) in [6, 6.07) is 1.31. The Balaban J connectivity index is 1.91. The molecule has 1 atom stereocenters. The van der Waals surface area contributed by atoms with Gasteiger partial charge in [-0.1, -0.05) is 0 Å². The van der Waals surface area contributed by atoms with Crippen molar-refractivity contribution >= 4 is 5.97 Å². The molecule has 3 aliphatic heterocycles. The summed E-state index contributed by atoms with van der Waals surface area (Å²) in [6.45, 7) is 3.92. The zero-order chi connectivity index (χ0) is 18.6. The van der Waals surface area contributed by atoms with Crippen molar-refractivity contribution < 1.29 is 33.6 Å². The lowest BCUT2D eigenvalue weighted by atomic mass is 9.86. The van der Waals surface area contributed by atoms with Crippen LogP contribution in [0.5, 0.6) is 17.2 Å². The second-order valence-corrected chi connectivity index (χ2v) is 6.96. The Morgan fingerprint density at radius 3 is 2.77 bits per heavy atom. The predicted molar refractivity (Wildman–Crippen MR) is 89.1 cm³/mol. The fourth-order valence-electron chi connectivity index (χ4n) is 3.70. The number of benzene rings is 1. The Morgan fingerprint density at radius 2 is 2.08 bits per heavy atom. The van der Waals surface area contributed by atoms with Crippen LogP contribution in [0.3, 0.4) is 0 Å². The van der Waals surface area contributed by atoms with Gasteiger partial charge in [-0.25, -0.2) is 4.79 Å². The van der Waals surface area contributed by atoms with Gasteiger partial charge in [0.1, 0.15) is 5.57 Å². The van der Waals surface area contributed by atoms with Gasteiger partial charge in [0.05, 0.1) is 13.2 Å². The van der Waals surface area contributed by atoms with Gasteiger partial charge in [0.25, 0.3) is 11.7 Å². The van der Waals surface area contributed by atoms with E-state index >= 15 is 0 Å². The van der Waals surface area contributed by atoms with Crippen LogP contribution in [0, 0.1) is 0 Å². The summed E-state index contributed by atoms with van der Waals surface area (Å²) >= 11 is 0. The van der Waals surface area contributed by atoms with Crippen LogP contribution < -0.4 is 14.2 Å². The first-order valence-corrected chi connectivity index (χ1v) is 8.37. The summed E-state index contributed by atoms with van der Waals surface area (Å²) in [6.07, 6.45) is 0.741. The van der Waals surface area contributed by atoms with Gasteiger partial charge < -0.3 is 28.8 Å². The highest BCUT2D eigenvalue weighted by Gasteiger charge is 2.45. The number of ether oxygens (including phenoxy) is 5. The first-order chi connectivity index (χ1) is 12.3. The number of hydrogen-bond acceptors (Lipinski definition) is 8. The van der Waals surface area contributed by atoms with Crippen LogP contribution in [-0.2, 0) is 20.7 Å². The molecule has 0 saturated carbocycles. The summed E-state index contributed by atoms with van der Waals surface area (Å²) in [7, 11) is 3.40. The first-order valence-electron chi connectivity index (χ1n) is 8.37. The molecular formula is C18H21NO7. The Bertz CT molecular complexity index is 814. The standard InChI is InChI=1S/C18H21NO7/c1-18(2)25-16(20)12(17(21)26-18)13-11-9(5-6-19(13)3)7-10-14(15(11)22-4)24-8-23-10/h7,13,20H,5-6,8H2,1-4H3. The molecule has 0 saturated heterocycles. The van der Waals surface area contributed by atoms with Gasteiger partial charge in [-0.3, -0.25) is 4.90 Å². The molecular weight excluding hydrogens is 342 g/mol. The topological polar surface area (TPSA) is 86.7 Å². The number of fused-ring (bicyclic) bond motifs is 2. The summed E-state index contributed by atoms with van der Waals surface area (Å²) in [5.41, 5.74) is 1.75. The maximum Gasteiger partial charge on any atom is 0.346 e. The molecule has 0 fully saturated rings. The average Bonchev–Trinajstić information content (AvgIpc) is 3.01. The van der Waals surface area contributed by atoms with Crippen LogP contribution in [0.4, 0.5) is 0 Å². The highest BCUT2D eigenvalue weighted by atomic mass is 16.8. The summed E-state index contributed by atoms with van der Waals surface area (Å²) in [5, 5.41) is 10.5. The van der Waals surface area contributed by atoms with Crippen molar-refractivity contribution in [3.63, 3.8) is 0 Å². The van der Waals surface area contributed by atoms with Crippen LogP contribution in [0.25, 0.3) is 0 Å². The number of carbonyl (C=O) groups excluding carboxylic acids is 1. The number of rotatable bonds is 2. The number of cyclic esters (lactones) is 1. The van der Waals surface area contributed by atoms with E-state index in [2.05, 4.69) is 0 Å². The lowest BCUT2D eigenvalue weighted by Gasteiger charge is -2.39. The molecule has 3 heterocycles. The van der Waals surface area contributed by atoms with Gasteiger partial charge in [-0.15, -0.1) is 0 Å². The van der Waals surface area contributed by atoms with E-state index in [1.54, 1.807) is 13.8 Å². The number of likely N-dealkylation sites (N-methyl/N-ethyl adjacent to an activating group) is 1. The fourth-order valence-corrected chi connectivity index (χ4v) is 3.70. The molecule has 0 radical (unpaired) electrons. The molecule has 140 valence electrons. The molecule has 1 aromatic carbocycles. The number of esters is 1. The Hall–Kier alpha value is -2.61. The van der Waals surface area contributed by atoms with Crippen molar-refractivity contribution in [3.05, 3.63) is 28.7 Å². The molecule has 0 aliphatic carbocycles. The summed E-state index contributed by atoms with van der Waals surface area (Å²) in [4.78, 5) is 14.6. The van der Waals surface area contributed by atoms with Gasteiger partial charge >= 0.3 is 5.97 Å². The van der Waals surface area contributed by atoms with E-state index in [4.69, 9.17) is 23.7 Å². The number of methoxy groups -OCH3 is 1. The van der Waals surface area contributed by atoms with Crippen molar-refractivity contribution in [3.8, 4) is 17.2 Å². The van der Waals surface area contributed by atoms with Crippen LogP contribution >= 0.6 is 0 Å². The van der Waals surface area contributed by atoms with Gasteiger partial charge in [0.2, 0.25) is 12.5 Å². The Labute approximate surface area is 150 Å². The second-order valence-electron chi connectivity index (χ2n) is 6.96. The van der Waals surface area contributed by atoms with Crippen molar-refractivity contribution in [2.24, 2.45) is 0 Å². The molecule has 1 unspecified atom stereocenters. The van der Waals surface area contributed by atoms with E-state index in [-0.39, 0.29) is 12.4 Å². The second kappa shape index (κ2) is 5.70. The number of aliphatic hydroxyl groups excluding tert-OH is 1. The van der Waals surface area contributed by atoms with E-state index in [1.165, 1.54) is 7.11 Å². The minimum absolute atomic E-state index is 0.0462. The summed E-state index contributed by atoms with van der Waals surface area (Å²) in [5.74, 6) is -0.675. The van der Waals surface area contributed by atoms with Crippen LogP contribution in [0.2, 0.25) is 0 Å². The number of carbonyl (C=O) groups is 1. The molecule has 8 heteroatoms. The normalized spacial score (nSPS) is 24.0. The Kier molecular flexibility index (Phi) is 3.69. The van der Waals surface area contributed by atoms with Crippen molar-refractivity contribution in [1.29, 1.82) is 0 Å². The molecule has 3 aliphatic rings. The monoisotopic (exact) mass is 363 g/mol. The maximum absolute atomic E-state index is 12.7. The highest BCUT2D eigenvalue weighted by molar-refractivity contribution is 5.91. The lowest BCUT2D eigenvalue weighted by molar-refractivity contribution is -0.223. The molecule has 0 aromatic heterocycles.